The highest BCUT2D eigenvalue weighted by molar-refractivity contribution is 7.89. The predicted molar refractivity (Wildman–Crippen MR) is 114 cm³/mol. The first-order valence-electron chi connectivity index (χ1n) is 10.4. The van der Waals surface area contributed by atoms with E-state index in [1.165, 1.54) is 21.9 Å². The van der Waals surface area contributed by atoms with Crippen LogP contribution in [0, 0.1) is 12.8 Å². The zero-order valence-electron chi connectivity index (χ0n) is 16.9. The average Bonchev–Trinajstić information content (AvgIpc) is 2.75. The van der Waals surface area contributed by atoms with Gasteiger partial charge < -0.3 is 5.32 Å². The van der Waals surface area contributed by atoms with Gasteiger partial charge in [-0.15, -0.1) is 0 Å². The van der Waals surface area contributed by atoms with Crippen LogP contribution in [0.2, 0.25) is 0 Å². The minimum Gasteiger partial charge on any atom is -0.326 e. The molecule has 2 aliphatic rings. The van der Waals surface area contributed by atoms with Crippen LogP contribution in [0.15, 0.2) is 47.4 Å². The summed E-state index contributed by atoms with van der Waals surface area (Å²) in [7, 11) is -3.51. The molecule has 0 unspecified atom stereocenters. The lowest BCUT2D eigenvalue weighted by Gasteiger charge is -2.31. The Hall–Kier alpha value is -2.18. The third-order valence-electron chi connectivity index (χ3n) is 6.10. The standard InChI is InChI=1S/C23H28N2O3S/c1-17-6-9-21(10-7-17)24-23(26)19-12-14-25(15-13-19)29(27,28)22-11-8-18-4-2-3-5-20(18)16-22/h6-11,16,19H,2-5,12-15H2,1H3,(H,24,26). The van der Waals surface area contributed by atoms with Crippen molar-refractivity contribution in [3.63, 3.8) is 0 Å². The van der Waals surface area contributed by atoms with Crippen molar-refractivity contribution in [2.24, 2.45) is 5.92 Å². The number of piperidine rings is 1. The number of carbonyl (C=O) groups excluding carboxylic acids is 1. The topological polar surface area (TPSA) is 66.5 Å². The van der Waals surface area contributed by atoms with E-state index in [-0.39, 0.29) is 11.8 Å². The van der Waals surface area contributed by atoms with Gasteiger partial charge in [-0.1, -0.05) is 23.8 Å². The number of carbonyl (C=O) groups is 1. The highest BCUT2D eigenvalue weighted by Crippen LogP contribution is 2.28. The van der Waals surface area contributed by atoms with E-state index in [0.29, 0.717) is 30.8 Å². The van der Waals surface area contributed by atoms with E-state index in [2.05, 4.69) is 5.32 Å². The molecule has 1 amide bonds. The van der Waals surface area contributed by atoms with Gasteiger partial charge in [0.05, 0.1) is 4.90 Å². The van der Waals surface area contributed by atoms with Gasteiger partial charge in [0.1, 0.15) is 0 Å². The average molecular weight is 413 g/mol. The zero-order chi connectivity index (χ0) is 20.4. The number of nitrogens with zero attached hydrogens (tertiary/aromatic N) is 1. The number of benzene rings is 2. The number of hydrogen-bond donors (Lipinski definition) is 1. The second kappa shape index (κ2) is 8.28. The molecule has 1 aliphatic carbocycles. The summed E-state index contributed by atoms with van der Waals surface area (Å²) in [6.07, 6.45) is 5.39. The fourth-order valence-corrected chi connectivity index (χ4v) is 5.78. The molecule has 29 heavy (non-hydrogen) atoms. The maximum atomic E-state index is 13.1. The lowest BCUT2D eigenvalue weighted by atomic mass is 9.92. The molecule has 1 N–H and O–H groups in total. The number of fused-ring (bicyclic) bond motifs is 1. The van der Waals surface area contributed by atoms with E-state index in [0.717, 1.165) is 30.5 Å². The van der Waals surface area contributed by atoms with Gasteiger partial charge in [-0.25, -0.2) is 8.42 Å². The van der Waals surface area contributed by atoms with Gasteiger partial charge in [-0.2, -0.15) is 4.31 Å². The van der Waals surface area contributed by atoms with Crippen molar-refractivity contribution >= 4 is 21.6 Å². The van der Waals surface area contributed by atoms with Crippen LogP contribution in [0.4, 0.5) is 5.69 Å². The van der Waals surface area contributed by atoms with Gasteiger partial charge in [0.25, 0.3) is 0 Å². The fourth-order valence-electron chi connectivity index (χ4n) is 4.26. The molecule has 0 radical (unpaired) electrons. The Kier molecular flexibility index (Phi) is 5.74. The highest BCUT2D eigenvalue weighted by atomic mass is 32.2. The molecule has 1 fully saturated rings. The van der Waals surface area contributed by atoms with E-state index in [9.17, 15) is 13.2 Å². The fraction of sp³-hybridized carbons (Fsp3) is 0.435. The van der Waals surface area contributed by atoms with Crippen molar-refractivity contribution in [1.29, 1.82) is 0 Å². The van der Waals surface area contributed by atoms with E-state index in [1.54, 1.807) is 6.07 Å². The summed E-state index contributed by atoms with van der Waals surface area (Å²) < 4.78 is 27.7. The van der Waals surface area contributed by atoms with Crippen LogP contribution in [0.1, 0.15) is 42.4 Å². The third-order valence-corrected chi connectivity index (χ3v) is 8.00. The lowest BCUT2D eigenvalue weighted by Crippen LogP contribution is -2.41. The zero-order valence-corrected chi connectivity index (χ0v) is 17.7. The molecule has 0 saturated carbocycles. The largest absolute Gasteiger partial charge is 0.326 e. The quantitative estimate of drug-likeness (QED) is 0.828. The van der Waals surface area contributed by atoms with Crippen molar-refractivity contribution in [1.82, 2.24) is 4.31 Å². The summed E-state index contributed by atoms with van der Waals surface area (Å²) in [5.41, 5.74) is 4.37. The molecule has 4 rings (SSSR count). The Bertz CT molecular complexity index is 991. The molecule has 2 aromatic carbocycles. The number of anilines is 1. The Morgan fingerprint density at radius 3 is 2.31 bits per heavy atom. The first-order chi connectivity index (χ1) is 13.9. The maximum Gasteiger partial charge on any atom is 0.243 e. The normalized spacial score (nSPS) is 18.2. The molecular weight excluding hydrogens is 384 g/mol. The molecule has 1 aliphatic heterocycles. The molecule has 0 aromatic heterocycles. The van der Waals surface area contributed by atoms with Crippen molar-refractivity contribution in [3.8, 4) is 0 Å². The minimum absolute atomic E-state index is 0.0281. The molecule has 5 nitrogen and oxygen atoms in total. The molecular formula is C23H28N2O3S. The molecule has 154 valence electrons. The second-order valence-corrected chi connectivity index (χ2v) is 10.1. The third kappa shape index (κ3) is 4.38. The molecule has 0 atom stereocenters. The van der Waals surface area contributed by atoms with Gasteiger partial charge in [0.2, 0.25) is 15.9 Å². The highest BCUT2D eigenvalue weighted by Gasteiger charge is 2.32. The Morgan fingerprint density at radius 1 is 0.966 bits per heavy atom. The number of hydrogen-bond acceptors (Lipinski definition) is 3. The minimum atomic E-state index is -3.51. The first-order valence-corrected chi connectivity index (χ1v) is 11.9. The van der Waals surface area contributed by atoms with Crippen LogP contribution >= 0.6 is 0 Å². The van der Waals surface area contributed by atoms with Gasteiger partial charge in [0.15, 0.2) is 0 Å². The molecule has 6 heteroatoms. The number of rotatable bonds is 4. The molecule has 0 spiro atoms. The van der Waals surface area contributed by atoms with Gasteiger partial charge in [-0.05, 0) is 80.8 Å². The summed E-state index contributed by atoms with van der Waals surface area (Å²) in [5, 5.41) is 2.95. The van der Waals surface area contributed by atoms with Gasteiger partial charge >= 0.3 is 0 Å². The summed E-state index contributed by atoms with van der Waals surface area (Å²) in [5.74, 6) is -0.189. The summed E-state index contributed by atoms with van der Waals surface area (Å²) in [6, 6.07) is 13.3. The SMILES string of the molecule is Cc1ccc(NC(=O)C2CCN(S(=O)(=O)c3ccc4c(c3)CCCC4)CC2)cc1. The van der Waals surface area contributed by atoms with Gasteiger partial charge in [0, 0.05) is 24.7 Å². The lowest BCUT2D eigenvalue weighted by molar-refractivity contribution is -0.120. The Morgan fingerprint density at radius 2 is 1.62 bits per heavy atom. The van der Waals surface area contributed by atoms with Crippen molar-refractivity contribution < 1.29 is 13.2 Å². The number of nitrogens with one attached hydrogen (secondary N) is 1. The van der Waals surface area contributed by atoms with Crippen LogP contribution in [0.5, 0.6) is 0 Å². The van der Waals surface area contributed by atoms with Crippen LogP contribution < -0.4 is 5.32 Å². The maximum absolute atomic E-state index is 13.1. The van der Waals surface area contributed by atoms with E-state index in [1.807, 2.05) is 43.3 Å². The van der Waals surface area contributed by atoms with Crippen LogP contribution in [0.25, 0.3) is 0 Å². The van der Waals surface area contributed by atoms with E-state index < -0.39 is 10.0 Å². The van der Waals surface area contributed by atoms with Crippen molar-refractivity contribution in [3.05, 3.63) is 59.2 Å². The number of amides is 1. The molecule has 1 heterocycles. The van der Waals surface area contributed by atoms with Crippen LogP contribution in [0.3, 0.4) is 0 Å². The Labute approximate surface area is 173 Å². The monoisotopic (exact) mass is 412 g/mol. The first kappa shape index (κ1) is 20.1. The summed E-state index contributed by atoms with van der Waals surface area (Å²) in [4.78, 5) is 12.9. The second-order valence-electron chi connectivity index (χ2n) is 8.17. The summed E-state index contributed by atoms with van der Waals surface area (Å²) >= 11 is 0. The number of sulfonamides is 1. The van der Waals surface area contributed by atoms with E-state index >= 15 is 0 Å². The number of aryl methyl sites for hydroxylation is 3. The molecule has 2 aromatic rings. The predicted octanol–water partition coefficient (Wildman–Crippen LogP) is 3.91. The molecule has 1 saturated heterocycles. The van der Waals surface area contributed by atoms with E-state index in [4.69, 9.17) is 0 Å². The van der Waals surface area contributed by atoms with Crippen molar-refractivity contribution in [2.45, 2.75) is 50.3 Å². The van der Waals surface area contributed by atoms with Crippen LogP contribution in [-0.2, 0) is 27.7 Å². The van der Waals surface area contributed by atoms with Gasteiger partial charge in [-0.3, -0.25) is 4.79 Å². The van der Waals surface area contributed by atoms with Crippen molar-refractivity contribution in [2.75, 3.05) is 18.4 Å². The van der Waals surface area contributed by atoms with Crippen LogP contribution in [-0.4, -0.2) is 31.7 Å². The summed E-state index contributed by atoms with van der Waals surface area (Å²) in [6.45, 7) is 2.77. The smallest absolute Gasteiger partial charge is 0.243 e. The Balaban J connectivity index is 1.39. The molecule has 0 bridgehead atoms.